The van der Waals surface area contributed by atoms with Crippen molar-refractivity contribution in [2.24, 2.45) is 0 Å². The van der Waals surface area contributed by atoms with Gasteiger partial charge < -0.3 is 19.6 Å². The van der Waals surface area contributed by atoms with Crippen molar-refractivity contribution in [2.45, 2.75) is 6.92 Å². The molecular formula is C9H14N2O4. The van der Waals surface area contributed by atoms with Crippen molar-refractivity contribution in [3.8, 4) is 0 Å². The molecule has 0 unspecified atom stereocenters. The Hall–Kier alpha value is -1.40. The lowest BCUT2D eigenvalue weighted by atomic mass is 10.3. The predicted molar refractivity (Wildman–Crippen MR) is 51.5 cm³/mol. The SMILES string of the molecule is Cc1ncoc1C(=O)NCCOCCO. The van der Waals surface area contributed by atoms with Gasteiger partial charge in [-0.25, -0.2) is 4.98 Å². The van der Waals surface area contributed by atoms with E-state index >= 15 is 0 Å². The minimum Gasteiger partial charge on any atom is -0.438 e. The molecule has 1 aromatic rings. The number of nitrogens with one attached hydrogen (secondary N) is 1. The van der Waals surface area contributed by atoms with Crippen molar-refractivity contribution in [3.63, 3.8) is 0 Å². The lowest BCUT2D eigenvalue weighted by Gasteiger charge is -2.03. The highest BCUT2D eigenvalue weighted by Gasteiger charge is 2.12. The Bertz CT molecular complexity index is 311. The van der Waals surface area contributed by atoms with E-state index in [4.69, 9.17) is 14.3 Å². The van der Waals surface area contributed by atoms with Crippen LogP contribution in [-0.4, -0.2) is 42.4 Å². The van der Waals surface area contributed by atoms with E-state index in [0.717, 1.165) is 0 Å². The summed E-state index contributed by atoms with van der Waals surface area (Å²) >= 11 is 0. The fourth-order valence-corrected chi connectivity index (χ4v) is 1.00. The van der Waals surface area contributed by atoms with Crippen molar-refractivity contribution >= 4 is 5.91 Å². The number of nitrogens with zero attached hydrogens (tertiary/aromatic N) is 1. The van der Waals surface area contributed by atoms with Crippen molar-refractivity contribution in [2.75, 3.05) is 26.4 Å². The van der Waals surface area contributed by atoms with Gasteiger partial charge in [0.1, 0.15) is 0 Å². The molecule has 0 radical (unpaired) electrons. The van der Waals surface area contributed by atoms with Gasteiger partial charge in [0, 0.05) is 6.54 Å². The smallest absolute Gasteiger partial charge is 0.289 e. The van der Waals surface area contributed by atoms with Gasteiger partial charge in [0.15, 0.2) is 6.39 Å². The second-order valence-corrected chi connectivity index (χ2v) is 2.86. The first-order valence-corrected chi connectivity index (χ1v) is 4.62. The third-order valence-electron chi connectivity index (χ3n) is 1.72. The highest BCUT2D eigenvalue weighted by Crippen LogP contribution is 2.03. The van der Waals surface area contributed by atoms with Crippen LogP contribution in [-0.2, 0) is 4.74 Å². The van der Waals surface area contributed by atoms with E-state index in [1.54, 1.807) is 6.92 Å². The Morgan fingerprint density at radius 3 is 3.07 bits per heavy atom. The van der Waals surface area contributed by atoms with Crippen LogP contribution >= 0.6 is 0 Å². The lowest BCUT2D eigenvalue weighted by Crippen LogP contribution is -2.27. The normalized spacial score (nSPS) is 10.3. The number of rotatable bonds is 6. The number of aryl methyl sites for hydroxylation is 1. The Labute approximate surface area is 87.3 Å². The Balaban J connectivity index is 2.22. The molecule has 1 heterocycles. The molecular weight excluding hydrogens is 200 g/mol. The van der Waals surface area contributed by atoms with Crippen LogP contribution in [0.4, 0.5) is 0 Å². The Morgan fingerprint density at radius 2 is 2.47 bits per heavy atom. The molecule has 2 N–H and O–H groups in total. The molecule has 0 atom stereocenters. The van der Waals surface area contributed by atoms with Crippen molar-refractivity contribution < 1.29 is 19.1 Å². The second-order valence-electron chi connectivity index (χ2n) is 2.86. The number of hydrogen-bond donors (Lipinski definition) is 2. The third kappa shape index (κ3) is 3.69. The maximum Gasteiger partial charge on any atom is 0.289 e. The van der Waals surface area contributed by atoms with Crippen LogP contribution in [0.5, 0.6) is 0 Å². The first kappa shape index (κ1) is 11.7. The number of hydrogen-bond acceptors (Lipinski definition) is 5. The van der Waals surface area contributed by atoms with E-state index in [1.807, 2.05) is 0 Å². The van der Waals surface area contributed by atoms with Gasteiger partial charge in [-0.05, 0) is 6.92 Å². The molecule has 0 fully saturated rings. The van der Waals surface area contributed by atoms with E-state index in [2.05, 4.69) is 10.3 Å². The zero-order valence-electron chi connectivity index (χ0n) is 8.52. The van der Waals surface area contributed by atoms with Gasteiger partial charge in [0.25, 0.3) is 5.91 Å². The summed E-state index contributed by atoms with van der Waals surface area (Å²) < 4.78 is 9.87. The van der Waals surface area contributed by atoms with E-state index in [1.165, 1.54) is 6.39 Å². The monoisotopic (exact) mass is 214 g/mol. The average Bonchev–Trinajstić information content (AvgIpc) is 2.64. The highest BCUT2D eigenvalue weighted by atomic mass is 16.5. The van der Waals surface area contributed by atoms with Gasteiger partial charge in [-0.3, -0.25) is 4.79 Å². The summed E-state index contributed by atoms with van der Waals surface area (Å²) in [6.07, 6.45) is 1.23. The molecule has 0 aromatic carbocycles. The molecule has 6 nitrogen and oxygen atoms in total. The Kier molecular flexibility index (Phi) is 4.79. The first-order valence-electron chi connectivity index (χ1n) is 4.62. The number of aromatic nitrogens is 1. The summed E-state index contributed by atoms with van der Waals surface area (Å²) in [5, 5.41) is 11.0. The third-order valence-corrected chi connectivity index (χ3v) is 1.72. The number of aliphatic hydroxyl groups is 1. The molecule has 1 amide bonds. The fourth-order valence-electron chi connectivity index (χ4n) is 1.00. The summed E-state index contributed by atoms with van der Waals surface area (Å²) in [4.78, 5) is 15.2. The topological polar surface area (TPSA) is 84.6 Å². The number of carbonyl (C=O) groups excluding carboxylic acids is 1. The summed E-state index contributed by atoms with van der Waals surface area (Å²) in [6, 6.07) is 0. The molecule has 0 saturated carbocycles. The van der Waals surface area contributed by atoms with Crippen LogP contribution in [0.2, 0.25) is 0 Å². The van der Waals surface area contributed by atoms with Gasteiger partial charge >= 0.3 is 0 Å². The molecule has 1 aromatic heterocycles. The molecule has 0 bridgehead atoms. The Morgan fingerprint density at radius 1 is 1.67 bits per heavy atom. The molecule has 0 saturated heterocycles. The largest absolute Gasteiger partial charge is 0.438 e. The van der Waals surface area contributed by atoms with Gasteiger partial charge in [-0.1, -0.05) is 0 Å². The first-order chi connectivity index (χ1) is 7.25. The minimum atomic E-state index is -0.308. The lowest BCUT2D eigenvalue weighted by molar-refractivity contribution is 0.0821. The quantitative estimate of drug-likeness (QED) is 0.636. The molecule has 0 spiro atoms. The van der Waals surface area contributed by atoms with Crippen LogP contribution < -0.4 is 5.32 Å². The maximum absolute atomic E-state index is 11.4. The van der Waals surface area contributed by atoms with Crippen LogP contribution in [0, 0.1) is 6.92 Å². The van der Waals surface area contributed by atoms with E-state index in [9.17, 15) is 4.79 Å². The summed E-state index contributed by atoms with van der Waals surface area (Å²) in [6.45, 7) is 2.69. The number of amides is 1. The molecule has 0 aliphatic rings. The summed E-state index contributed by atoms with van der Waals surface area (Å²) in [5.74, 6) is -0.0882. The van der Waals surface area contributed by atoms with Crippen molar-refractivity contribution in [3.05, 3.63) is 17.8 Å². The zero-order valence-corrected chi connectivity index (χ0v) is 8.52. The van der Waals surface area contributed by atoms with Gasteiger partial charge in [-0.2, -0.15) is 0 Å². The van der Waals surface area contributed by atoms with Gasteiger partial charge in [-0.15, -0.1) is 0 Å². The van der Waals surface area contributed by atoms with E-state index in [-0.39, 0.29) is 24.9 Å². The van der Waals surface area contributed by atoms with E-state index in [0.29, 0.717) is 18.8 Å². The average molecular weight is 214 g/mol. The molecule has 84 valence electrons. The summed E-state index contributed by atoms with van der Waals surface area (Å²) in [5.41, 5.74) is 0.559. The van der Waals surface area contributed by atoms with Gasteiger partial charge in [0.2, 0.25) is 5.76 Å². The van der Waals surface area contributed by atoms with Crippen molar-refractivity contribution in [1.82, 2.24) is 10.3 Å². The standard InChI is InChI=1S/C9H14N2O4/c1-7-8(15-6-11-7)9(13)10-2-4-14-5-3-12/h6,12H,2-5H2,1H3,(H,10,13). The molecule has 1 rings (SSSR count). The highest BCUT2D eigenvalue weighted by molar-refractivity contribution is 5.92. The maximum atomic E-state index is 11.4. The molecule has 0 aliphatic carbocycles. The molecule has 0 aliphatic heterocycles. The van der Waals surface area contributed by atoms with Crippen LogP contribution in [0.25, 0.3) is 0 Å². The molecule has 6 heteroatoms. The second kappa shape index (κ2) is 6.15. The number of carbonyl (C=O) groups is 1. The molecule has 15 heavy (non-hydrogen) atoms. The number of oxazole rings is 1. The number of ether oxygens (including phenoxy) is 1. The van der Waals surface area contributed by atoms with Crippen molar-refractivity contribution in [1.29, 1.82) is 0 Å². The zero-order chi connectivity index (χ0) is 11.1. The summed E-state index contributed by atoms with van der Waals surface area (Å²) in [7, 11) is 0. The fraction of sp³-hybridized carbons (Fsp3) is 0.556. The van der Waals surface area contributed by atoms with Crippen LogP contribution in [0.3, 0.4) is 0 Å². The van der Waals surface area contributed by atoms with Gasteiger partial charge in [0.05, 0.1) is 25.5 Å². The van der Waals surface area contributed by atoms with E-state index < -0.39 is 0 Å². The minimum absolute atomic E-state index is 0.0187. The van der Waals surface area contributed by atoms with Crippen LogP contribution in [0.15, 0.2) is 10.8 Å². The predicted octanol–water partition coefficient (Wildman–Crippen LogP) is -0.278. The van der Waals surface area contributed by atoms with Crippen LogP contribution in [0.1, 0.15) is 16.2 Å². The number of aliphatic hydroxyl groups excluding tert-OH is 1.